The Bertz CT molecular complexity index is 170. The molecule has 0 aromatic rings. The summed E-state index contributed by atoms with van der Waals surface area (Å²) in [5, 5.41) is 2.00. The minimum Gasteiger partial charge on any atom is -0.280 e. The van der Waals surface area contributed by atoms with Crippen molar-refractivity contribution in [3.8, 4) is 0 Å². The highest BCUT2D eigenvalue weighted by Crippen LogP contribution is 2.37. The van der Waals surface area contributed by atoms with E-state index >= 15 is 0 Å². The molecule has 1 saturated heterocycles. The standard InChI is InChI=1S/C9H18N2O/c1-7-6-10(2)9(8-4-5-8)12-11(7)3/h7-9H,4-6H2,1-3H3/t7-,9-/m1/s1. The Morgan fingerprint density at radius 2 is 1.92 bits per heavy atom. The molecule has 3 heteroatoms. The number of nitrogens with zero attached hydrogens (tertiary/aromatic N) is 2. The number of hydroxylamine groups is 2. The molecule has 1 aliphatic heterocycles. The molecule has 2 rings (SSSR count). The fourth-order valence-corrected chi connectivity index (χ4v) is 1.82. The number of hydrogen-bond donors (Lipinski definition) is 0. The van der Waals surface area contributed by atoms with Crippen molar-refractivity contribution in [3.63, 3.8) is 0 Å². The molecular weight excluding hydrogens is 152 g/mol. The van der Waals surface area contributed by atoms with Crippen LogP contribution < -0.4 is 0 Å². The van der Waals surface area contributed by atoms with Crippen molar-refractivity contribution in [3.05, 3.63) is 0 Å². The van der Waals surface area contributed by atoms with Crippen molar-refractivity contribution in [2.45, 2.75) is 32.0 Å². The summed E-state index contributed by atoms with van der Waals surface area (Å²) in [5.74, 6) is 0.796. The lowest BCUT2D eigenvalue weighted by Gasteiger charge is -2.41. The first-order valence-corrected chi connectivity index (χ1v) is 4.78. The van der Waals surface area contributed by atoms with Gasteiger partial charge in [-0.25, -0.2) is 0 Å². The number of hydrogen-bond acceptors (Lipinski definition) is 3. The molecule has 2 aliphatic rings. The van der Waals surface area contributed by atoms with Crippen molar-refractivity contribution in [2.24, 2.45) is 5.92 Å². The highest BCUT2D eigenvalue weighted by Gasteiger charge is 2.39. The monoisotopic (exact) mass is 170 g/mol. The van der Waals surface area contributed by atoms with E-state index in [9.17, 15) is 0 Å². The lowest BCUT2D eigenvalue weighted by Crippen LogP contribution is -2.53. The minimum absolute atomic E-state index is 0.353. The molecule has 0 aromatic carbocycles. The quantitative estimate of drug-likeness (QED) is 0.582. The fraction of sp³-hybridized carbons (Fsp3) is 1.00. The molecule has 0 N–H and O–H groups in total. The molecule has 2 fully saturated rings. The Balaban J connectivity index is 1.96. The molecule has 0 radical (unpaired) electrons. The summed E-state index contributed by atoms with van der Waals surface area (Å²) in [5.41, 5.74) is 0. The van der Waals surface area contributed by atoms with Crippen LogP contribution in [0, 0.1) is 5.92 Å². The zero-order chi connectivity index (χ0) is 8.72. The summed E-state index contributed by atoms with van der Waals surface area (Å²) in [6.45, 7) is 3.32. The second kappa shape index (κ2) is 2.98. The lowest BCUT2D eigenvalue weighted by molar-refractivity contribution is -0.282. The summed E-state index contributed by atoms with van der Waals surface area (Å²) in [6, 6.07) is 0.519. The van der Waals surface area contributed by atoms with Gasteiger partial charge in [0, 0.05) is 25.6 Å². The molecule has 0 aromatic heterocycles. The van der Waals surface area contributed by atoms with Crippen molar-refractivity contribution in [1.29, 1.82) is 0 Å². The Kier molecular flexibility index (Phi) is 2.10. The van der Waals surface area contributed by atoms with E-state index in [0.717, 1.165) is 12.5 Å². The Morgan fingerprint density at radius 1 is 1.25 bits per heavy atom. The molecule has 2 atom stereocenters. The number of likely N-dealkylation sites (N-methyl/N-ethyl adjacent to an activating group) is 2. The molecule has 1 saturated carbocycles. The zero-order valence-corrected chi connectivity index (χ0v) is 8.16. The largest absolute Gasteiger partial charge is 0.280 e. The van der Waals surface area contributed by atoms with Gasteiger partial charge in [0.2, 0.25) is 0 Å². The third kappa shape index (κ3) is 1.49. The first kappa shape index (κ1) is 8.48. The predicted octanol–water partition coefficient (Wildman–Crippen LogP) is 0.920. The van der Waals surface area contributed by atoms with E-state index in [1.165, 1.54) is 12.8 Å². The molecular formula is C9H18N2O. The predicted molar refractivity (Wildman–Crippen MR) is 47.5 cm³/mol. The van der Waals surface area contributed by atoms with E-state index in [4.69, 9.17) is 4.84 Å². The maximum atomic E-state index is 5.79. The van der Waals surface area contributed by atoms with Crippen LogP contribution in [0.3, 0.4) is 0 Å². The molecule has 0 spiro atoms. The molecule has 1 heterocycles. The average Bonchev–Trinajstić information content (AvgIpc) is 2.79. The Morgan fingerprint density at radius 3 is 2.50 bits per heavy atom. The molecule has 3 nitrogen and oxygen atoms in total. The van der Waals surface area contributed by atoms with Gasteiger partial charge < -0.3 is 0 Å². The van der Waals surface area contributed by atoms with Gasteiger partial charge >= 0.3 is 0 Å². The smallest absolute Gasteiger partial charge is 0.135 e. The summed E-state index contributed by atoms with van der Waals surface area (Å²) < 4.78 is 0. The van der Waals surface area contributed by atoms with Crippen LogP contribution in [-0.2, 0) is 4.84 Å². The van der Waals surface area contributed by atoms with Gasteiger partial charge in [-0.1, -0.05) is 0 Å². The SMILES string of the molecule is C[C@@H]1CN(C)[C@@H](C2CC2)ON1C. The van der Waals surface area contributed by atoms with Gasteiger partial charge in [-0.3, -0.25) is 9.74 Å². The zero-order valence-electron chi connectivity index (χ0n) is 8.16. The maximum Gasteiger partial charge on any atom is 0.135 e. The van der Waals surface area contributed by atoms with Crippen LogP contribution in [0.25, 0.3) is 0 Å². The summed E-state index contributed by atoms with van der Waals surface area (Å²) in [7, 11) is 4.19. The van der Waals surface area contributed by atoms with Gasteiger partial charge in [-0.2, -0.15) is 5.06 Å². The first-order chi connectivity index (χ1) is 5.68. The van der Waals surface area contributed by atoms with Gasteiger partial charge in [0.25, 0.3) is 0 Å². The van der Waals surface area contributed by atoms with E-state index in [-0.39, 0.29) is 0 Å². The fourth-order valence-electron chi connectivity index (χ4n) is 1.82. The van der Waals surface area contributed by atoms with Gasteiger partial charge in [-0.15, -0.1) is 0 Å². The van der Waals surface area contributed by atoms with E-state index < -0.39 is 0 Å². The Labute approximate surface area is 74.2 Å². The second-order valence-corrected chi connectivity index (χ2v) is 4.17. The lowest BCUT2D eigenvalue weighted by atomic mass is 10.2. The Hall–Kier alpha value is -0.120. The molecule has 0 bridgehead atoms. The third-order valence-electron chi connectivity index (χ3n) is 2.91. The van der Waals surface area contributed by atoms with Crippen LogP contribution in [0.4, 0.5) is 0 Å². The highest BCUT2D eigenvalue weighted by atomic mass is 16.7. The van der Waals surface area contributed by atoms with Crippen LogP contribution in [0.5, 0.6) is 0 Å². The maximum absolute atomic E-state index is 5.79. The number of rotatable bonds is 1. The van der Waals surface area contributed by atoms with E-state index in [2.05, 4.69) is 18.9 Å². The van der Waals surface area contributed by atoms with Crippen LogP contribution in [0.2, 0.25) is 0 Å². The van der Waals surface area contributed by atoms with Gasteiger partial charge in [0.05, 0.1) is 0 Å². The highest BCUT2D eigenvalue weighted by molar-refractivity contribution is 4.84. The summed E-state index contributed by atoms with van der Waals surface area (Å²) in [6.07, 6.45) is 3.04. The van der Waals surface area contributed by atoms with E-state index in [1.54, 1.807) is 0 Å². The summed E-state index contributed by atoms with van der Waals surface area (Å²) in [4.78, 5) is 8.13. The normalized spacial score (nSPS) is 40.2. The molecule has 1 aliphatic carbocycles. The van der Waals surface area contributed by atoms with Crippen molar-refractivity contribution >= 4 is 0 Å². The third-order valence-corrected chi connectivity index (χ3v) is 2.91. The minimum atomic E-state index is 0.353. The van der Waals surface area contributed by atoms with Gasteiger partial charge in [0.15, 0.2) is 0 Å². The van der Waals surface area contributed by atoms with Crippen LogP contribution in [0.15, 0.2) is 0 Å². The van der Waals surface area contributed by atoms with E-state index in [1.807, 2.05) is 12.1 Å². The van der Waals surface area contributed by atoms with Gasteiger partial charge in [-0.05, 0) is 26.8 Å². The van der Waals surface area contributed by atoms with Crippen molar-refractivity contribution in [2.75, 3.05) is 20.6 Å². The molecule has 0 unspecified atom stereocenters. The molecule has 70 valence electrons. The second-order valence-electron chi connectivity index (χ2n) is 4.17. The van der Waals surface area contributed by atoms with Crippen LogP contribution in [0.1, 0.15) is 19.8 Å². The first-order valence-electron chi connectivity index (χ1n) is 4.78. The van der Waals surface area contributed by atoms with Crippen LogP contribution in [-0.4, -0.2) is 42.9 Å². The van der Waals surface area contributed by atoms with Gasteiger partial charge in [0.1, 0.15) is 6.23 Å². The molecule has 0 amide bonds. The molecule has 12 heavy (non-hydrogen) atoms. The van der Waals surface area contributed by atoms with E-state index in [0.29, 0.717) is 12.3 Å². The van der Waals surface area contributed by atoms with Crippen LogP contribution >= 0.6 is 0 Å². The topological polar surface area (TPSA) is 15.7 Å². The van der Waals surface area contributed by atoms with Crippen molar-refractivity contribution < 1.29 is 4.84 Å². The van der Waals surface area contributed by atoms with Crippen molar-refractivity contribution in [1.82, 2.24) is 9.96 Å². The average molecular weight is 170 g/mol. The summed E-state index contributed by atoms with van der Waals surface area (Å²) >= 11 is 0.